The molecule has 4 heteroatoms. The Morgan fingerprint density at radius 3 is 2.48 bits per heavy atom. The van der Waals surface area contributed by atoms with Gasteiger partial charge in [0.1, 0.15) is 5.75 Å². The highest BCUT2D eigenvalue weighted by Crippen LogP contribution is 2.32. The second-order valence-corrected chi connectivity index (χ2v) is 5.85. The molecule has 0 aliphatic carbocycles. The number of ether oxygens (including phenoxy) is 2. The maximum atomic E-state index is 12.0. The number of hydrogen-bond acceptors (Lipinski definition) is 3. The molecule has 21 heavy (non-hydrogen) atoms. The number of halogens is 1. The van der Waals surface area contributed by atoms with E-state index in [2.05, 4.69) is 13.8 Å². The summed E-state index contributed by atoms with van der Waals surface area (Å²) in [6.07, 6.45) is 0.931. The molecule has 0 N–H and O–H groups in total. The average molecular weight is 313 g/mol. The molecule has 0 aliphatic rings. The third-order valence-corrected chi connectivity index (χ3v) is 3.61. The Morgan fingerprint density at radius 2 is 1.95 bits per heavy atom. The van der Waals surface area contributed by atoms with Gasteiger partial charge >= 0.3 is 5.97 Å². The van der Waals surface area contributed by atoms with Crippen LogP contribution in [0.15, 0.2) is 12.1 Å². The smallest absolute Gasteiger partial charge is 0.347 e. The van der Waals surface area contributed by atoms with Crippen LogP contribution in [0.5, 0.6) is 5.75 Å². The number of carbonyl (C=O) groups is 1. The van der Waals surface area contributed by atoms with Crippen molar-refractivity contribution in [3.8, 4) is 5.75 Å². The molecular weight excluding hydrogens is 288 g/mol. The van der Waals surface area contributed by atoms with Crippen LogP contribution in [0.2, 0.25) is 5.02 Å². The molecule has 0 radical (unpaired) electrons. The molecule has 0 saturated heterocycles. The van der Waals surface area contributed by atoms with Crippen LogP contribution in [-0.4, -0.2) is 18.7 Å². The van der Waals surface area contributed by atoms with Crippen molar-refractivity contribution in [2.45, 2.75) is 59.5 Å². The minimum absolute atomic E-state index is 0.299. The monoisotopic (exact) mass is 312 g/mol. The van der Waals surface area contributed by atoms with Crippen LogP contribution in [0.1, 0.15) is 57.6 Å². The highest BCUT2D eigenvalue weighted by atomic mass is 35.5. The largest absolute Gasteiger partial charge is 0.478 e. The lowest BCUT2D eigenvalue weighted by molar-refractivity contribution is -0.151. The van der Waals surface area contributed by atoms with Crippen molar-refractivity contribution < 1.29 is 14.3 Å². The van der Waals surface area contributed by atoms with Crippen LogP contribution in [0.4, 0.5) is 0 Å². The summed E-state index contributed by atoms with van der Waals surface area (Å²) >= 11 is 6.26. The summed E-state index contributed by atoms with van der Waals surface area (Å²) in [5.74, 6) is 0.696. The van der Waals surface area contributed by atoms with Crippen LogP contribution in [0.3, 0.4) is 0 Å². The predicted molar refractivity (Wildman–Crippen MR) is 86.2 cm³/mol. The molecular formula is C17H25ClO3. The third-order valence-electron chi connectivity index (χ3n) is 3.29. The van der Waals surface area contributed by atoms with E-state index in [-0.39, 0.29) is 5.97 Å². The van der Waals surface area contributed by atoms with Crippen LogP contribution in [-0.2, 0) is 9.53 Å². The van der Waals surface area contributed by atoms with Crippen molar-refractivity contribution in [1.29, 1.82) is 0 Å². The summed E-state index contributed by atoms with van der Waals surface area (Å²) in [4.78, 5) is 12.0. The van der Waals surface area contributed by atoms with Crippen molar-refractivity contribution >= 4 is 17.6 Å². The van der Waals surface area contributed by atoms with Crippen molar-refractivity contribution in [2.75, 3.05) is 6.61 Å². The fourth-order valence-electron chi connectivity index (χ4n) is 2.11. The first-order chi connectivity index (χ1) is 9.90. The second-order valence-electron chi connectivity index (χ2n) is 5.44. The van der Waals surface area contributed by atoms with Crippen molar-refractivity contribution in [3.63, 3.8) is 0 Å². The zero-order valence-electron chi connectivity index (χ0n) is 13.5. The first-order valence-electron chi connectivity index (χ1n) is 7.53. The molecule has 1 aromatic carbocycles. The summed E-state index contributed by atoms with van der Waals surface area (Å²) in [6.45, 7) is 10.3. The van der Waals surface area contributed by atoms with Gasteiger partial charge in [0.05, 0.1) is 6.61 Å². The van der Waals surface area contributed by atoms with E-state index in [1.54, 1.807) is 6.92 Å². The van der Waals surface area contributed by atoms with E-state index in [0.29, 0.717) is 24.7 Å². The molecule has 0 aromatic heterocycles. The van der Waals surface area contributed by atoms with Gasteiger partial charge in [-0.1, -0.05) is 38.8 Å². The molecule has 0 fully saturated rings. The minimum Gasteiger partial charge on any atom is -0.478 e. The van der Waals surface area contributed by atoms with Crippen molar-refractivity contribution in [1.82, 2.24) is 0 Å². The fourth-order valence-corrected chi connectivity index (χ4v) is 2.55. The number of aryl methyl sites for hydroxylation is 1. The first-order valence-corrected chi connectivity index (χ1v) is 7.91. The van der Waals surface area contributed by atoms with Gasteiger partial charge in [0, 0.05) is 5.02 Å². The van der Waals surface area contributed by atoms with Crippen LogP contribution >= 0.6 is 11.6 Å². The summed E-state index contributed by atoms with van der Waals surface area (Å²) in [5, 5.41) is 0.734. The van der Waals surface area contributed by atoms with E-state index in [9.17, 15) is 4.79 Å². The molecule has 0 amide bonds. The Bertz CT molecular complexity index is 483. The van der Waals surface area contributed by atoms with Gasteiger partial charge in [-0.25, -0.2) is 4.79 Å². The molecule has 0 saturated carbocycles. The van der Waals surface area contributed by atoms with Crippen LogP contribution < -0.4 is 4.74 Å². The molecule has 1 rings (SSSR count). The van der Waals surface area contributed by atoms with E-state index in [4.69, 9.17) is 21.1 Å². The van der Waals surface area contributed by atoms with Crippen LogP contribution in [0.25, 0.3) is 0 Å². The van der Waals surface area contributed by atoms with E-state index >= 15 is 0 Å². The highest BCUT2D eigenvalue weighted by molar-refractivity contribution is 6.31. The van der Waals surface area contributed by atoms with E-state index in [1.807, 2.05) is 26.0 Å². The summed E-state index contributed by atoms with van der Waals surface area (Å²) in [7, 11) is 0. The first kappa shape index (κ1) is 17.8. The molecule has 0 spiro atoms. The fraction of sp³-hybridized carbons (Fsp3) is 0.588. The van der Waals surface area contributed by atoms with Crippen LogP contribution in [0, 0.1) is 6.92 Å². The van der Waals surface area contributed by atoms with Gasteiger partial charge in [-0.15, -0.1) is 0 Å². The minimum atomic E-state index is -0.560. The lowest BCUT2D eigenvalue weighted by Gasteiger charge is -2.20. The van der Waals surface area contributed by atoms with E-state index in [0.717, 1.165) is 22.6 Å². The maximum absolute atomic E-state index is 12.0. The molecule has 118 valence electrons. The molecule has 0 heterocycles. The Morgan fingerprint density at radius 1 is 1.29 bits per heavy atom. The highest BCUT2D eigenvalue weighted by Gasteiger charge is 2.22. The summed E-state index contributed by atoms with van der Waals surface area (Å²) in [6, 6.07) is 3.82. The summed E-state index contributed by atoms with van der Waals surface area (Å²) < 4.78 is 11.0. The molecule has 0 aliphatic heterocycles. The van der Waals surface area contributed by atoms with E-state index < -0.39 is 6.10 Å². The van der Waals surface area contributed by atoms with Crippen molar-refractivity contribution in [2.24, 2.45) is 0 Å². The lowest BCUT2D eigenvalue weighted by Crippen LogP contribution is -2.29. The molecule has 1 unspecified atom stereocenters. The normalized spacial score (nSPS) is 12.3. The molecule has 1 aromatic rings. The Balaban J connectivity index is 3.02. The molecule has 0 bridgehead atoms. The topological polar surface area (TPSA) is 35.5 Å². The Kier molecular flexibility index (Phi) is 7.03. The predicted octanol–water partition coefficient (Wildman–Crippen LogP) is 4.88. The zero-order chi connectivity index (χ0) is 16.0. The van der Waals surface area contributed by atoms with Gasteiger partial charge in [0.2, 0.25) is 0 Å². The van der Waals surface area contributed by atoms with Gasteiger partial charge in [-0.2, -0.15) is 0 Å². The standard InChI is InChI=1S/C17H25ClO3/c1-6-8-15(17(19)20-7-2)21-16-10-13(11(3)4)14(18)9-12(16)5/h9-11,15H,6-8H2,1-5H3. The van der Waals surface area contributed by atoms with Gasteiger partial charge in [0.15, 0.2) is 6.10 Å². The zero-order valence-corrected chi connectivity index (χ0v) is 14.3. The lowest BCUT2D eigenvalue weighted by atomic mass is 10.0. The Labute approximate surface area is 132 Å². The number of hydrogen-bond donors (Lipinski definition) is 0. The number of esters is 1. The van der Waals surface area contributed by atoms with Crippen molar-refractivity contribution in [3.05, 3.63) is 28.3 Å². The molecule has 3 nitrogen and oxygen atoms in total. The molecule has 1 atom stereocenters. The van der Waals surface area contributed by atoms with E-state index in [1.165, 1.54) is 0 Å². The summed E-state index contributed by atoms with van der Waals surface area (Å²) in [5.41, 5.74) is 1.95. The van der Waals surface area contributed by atoms with Gasteiger partial charge in [-0.3, -0.25) is 0 Å². The van der Waals surface area contributed by atoms with Gasteiger partial charge in [-0.05, 0) is 49.4 Å². The van der Waals surface area contributed by atoms with Gasteiger partial charge < -0.3 is 9.47 Å². The maximum Gasteiger partial charge on any atom is 0.347 e. The second kappa shape index (κ2) is 8.28. The van der Waals surface area contributed by atoms with Gasteiger partial charge in [0.25, 0.3) is 0 Å². The Hall–Kier alpha value is -1.22. The number of rotatable bonds is 7. The number of benzene rings is 1. The SMILES string of the molecule is CCCC(Oc1cc(C(C)C)c(Cl)cc1C)C(=O)OCC. The third kappa shape index (κ3) is 4.92. The average Bonchev–Trinajstić information content (AvgIpc) is 2.40. The number of carbonyl (C=O) groups excluding carboxylic acids is 1. The quantitative estimate of drug-likeness (QED) is 0.673.